The van der Waals surface area contributed by atoms with Crippen LogP contribution in [0.2, 0.25) is 0 Å². The number of carbonyl (C=O) groups excluding carboxylic acids is 1. The predicted octanol–water partition coefficient (Wildman–Crippen LogP) is -3.67. The van der Waals surface area contributed by atoms with Gasteiger partial charge in [0.2, 0.25) is 0 Å². The van der Waals surface area contributed by atoms with Gasteiger partial charge >= 0.3 is 29.6 Å². The number of hydrogen-bond donors (Lipinski definition) is 4. The minimum atomic E-state index is -1.77. The molecule has 8 heteroatoms. The molecular formula is C18H18NNaO6. The maximum absolute atomic E-state index is 11.0. The Hall–Kier alpha value is -1.45. The summed E-state index contributed by atoms with van der Waals surface area (Å²) in [7, 11) is 0. The maximum atomic E-state index is 11.0. The summed E-state index contributed by atoms with van der Waals surface area (Å²) in [6.45, 7) is 0. The molecule has 1 aliphatic rings. The van der Waals surface area contributed by atoms with Crippen molar-refractivity contribution in [3.63, 3.8) is 0 Å². The third-order valence-electron chi connectivity index (χ3n) is 4.15. The van der Waals surface area contributed by atoms with E-state index >= 15 is 0 Å². The van der Waals surface area contributed by atoms with Crippen LogP contribution >= 0.6 is 0 Å². The molecule has 0 aromatic heterocycles. The third kappa shape index (κ3) is 4.44. The van der Waals surface area contributed by atoms with Crippen LogP contribution in [0.1, 0.15) is 0 Å². The van der Waals surface area contributed by atoms with Gasteiger partial charge in [0.1, 0.15) is 24.4 Å². The molecule has 1 aliphatic heterocycles. The summed E-state index contributed by atoms with van der Waals surface area (Å²) in [5, 5.41) is 43.2. The molecule has 4 N–H and O–H groups in total. The SMILES string of the molecule is O=C([O-])C1OC(Nc2ccc(-c3ccccc3)cc2)C(O)C(O)C1O.[Na+]. The molecule has 0 aliphatic carbocycles. The zero-order valence-electron chi connectivity index (χ0n) is 14.1. The summed E-state index contributed by atoms with van der Waals surface area (Å²) in [4.78, 5) is 11.0. The van der Waals surface area contributed by atoms with Crippen LogP contribution in [0.15, 0.2) is 54.6 Å². The van der Waals surface area contributed by atoms with Crippen molar-refractivity contribution in [1.82, 2.24) is 0 Å². The van der Waals surface area contributed by atoms with Gasteiger partial charge in [0.15, 0.2) is 6.23 Å². The minimum absolute atomic E-state index is 0. The molecule has 1 fully saturated rings. The van der Waals surface area contributed by atoms with Crippen molar-refractivity contribution >= 4 is 11.7 Å². The van der Waals surface area contributed by atoms with Crippen molar-refractivity contribution in [2.24, 2.45) is 0 Å². The first-order chi connectivity index (χ1) is 12.0. The largest absolute Gasteiger partial charge is 1.00 e. The average molecular weight is 367 g/mol. The zero-order chi connectivity index (χ0) is 18.0. The fraction of sp³-hybridized carbons (Fsp3) is 0.278. The molecule has 0 bridgehead atoms. The molecule has 132 valence electrons. The summed E-state index contributed by atoms with van der Waals surface area (Å²) in [6, 6.07) is 16.9. The standard InChI is InChI=1S/C18H19NO6.Na/c20-13-14(21)16(18(23)24)25-17(15(13)22)19-12-8-6-11(7-9-12)10-4-2-1-3-5-10;/h1-9,13-17,19-22H,(H,23,24);/q;+1/p-1. The van der Waals surface area contributed by atoms with E-state index in [0.717, 1.165) is 11.1 Å². The van der Waals surface area contributed by atoms with Crippen molar-refractivity contribution in [2.45, 2.75) is 30.6 Å². The molecule has 5 atom stereocenters. The summed E-state index contributed by atoms with van der Waals surface area (Å²) >= 11 is 0. The van der Waals surface area contributed by atoms with Gasteiger partial charge in [0.25, 0.3) is 0 Å². The quantitative estimate of drug-likeness (QED) is 0.411. The van der Waals surface area contributed by atoms with Crippen LogP contribution in [-0.2, 0) is 9.53 Å². The number of aliphatic hydroxyl groups excluding tert-OH is 3. The molecule has 0 amide bonds. The van der Waals surface area contributed by atoms with Gasteiger partial charge in [-0.15, -0.1) is 0 Å². The minimum Gasteiger partial charge on any atom is -0.547 e. The predicted molar refractivity (Wildman–Crippen MR) is 87.2 cm³/mol. The molecule has 1 heterocycles. The molecule has 26 heavy (non-hydrogen) atoms. The van der Waals surface area contributed by atoms with Gasteiger partial charge in [-0.2, -0.15) is 0 Å². The number of carboxylic acid groups (broad SMARTS) is 1. The Bertz CT molecular complexity index is 726. The first kappa shape index (κ1) is 20.9. The second kappa shape index (κ2) is 8.96. The Labute approximate surface area is 172 Å². The average Bonchev–Trinajstić information content (AvgIpc) is 2.63. The van der Waals surface area contributed by atoms with E-state index in [1.165, 1.54) is 0 Å². The van der Waals surface area contributed by atoms with E-state index in [1.807, 2.05) is 42.5 Å². The van der Waals surface area contributed by atoms with E-state index in [1.54, 1.807) is 12.1 Å². The summed E-state index contributed by atoms with van der Waals surface area (Å²) in [5.74, 6) is -1.66. The molecule has 0 radical (unpaired) electrons. The van der Waals surface area contributed by atoms with Gasteiger partial charge < -0.3 is 35.3 Å². The van der Waals surface area contributed by atoms with Crippen molar-refractivity contribution in [2.75, 3.05) is 5.32 Å². The van der Waals surface area contributed by atoms with Gasteiger partial charge in [0.05, 0.1) is 5.97 Å². The first-order valence-corrected chi connectivity index (χ1v) is 7.80. The molecular weight excluding hydrogens is 349 g/mol. The number of aliphatic hydroxyl groups is 3. The molecule has 3 rings (SSSR count). The van der Waals surface area contributed by atoms with E-state index in [9.17, 15) is 25.2 Å². The second-order valence-electron chi connectivity index (χ2n) is 5.86. The van der Waals surface area contributed by atoms with Gasteiger partial charge in [-0.1, -0.05) is 42.5 Å². The fourth-order valence-corrected chi connectivity index (χ4v) is 2.75. The van der Waals surface area contributed by atoms with Crippen molar-refractivity contribution in [1.29, 1.82) is 0 Å². The van der Waals surface area contributed by atoms with Crippen LogP contribution in [0.4, 0.5) is 5.69 Å². The van der Waals surface area contributed by atoms with Crippen LogP contribution < -0.4 is 40.0 Å². The Morgan fingerprint density at radius 3 is 2.04 bits per heavy atom. The molecule has 7 nitrogen and oxygen atoms in total. The van der Waals surface area contributed by atoms with Gasteiger partial charge in [-0.25, -0.2) is 0 Å². The first-order valence-electron chi connectivity index (χ1n) is 7.80. The molecule has 1 saturated heterocycles. The Balaban J connectivity index is 0.00000243. The van der Waals surface area contributed by atoms with E-state index in [2.05, 4.69) is 5.32 Å². The molecule has 0 saturated carbocycles. The number of ether oxygens (including phenoxy) is 1. The zero-order valence-corrected chi connectivity index (χ0v) is 16.1. The Morgan fingerprint density at radius 1 is 0.885 bits per heavy atom. The topological polar surface area (TPSA) is 122 Å². The summed E-state index contributed by atoms with van der Waals surface area (Å²) < 4.78 is 5.13. The van der Waals surface area contributed by atoms with Crippen LogP contribution in [-0.4, -0.2) is 51.9 Å². The monoisotopic (exact) mass is 367 g/mol. The van der Waals surface area contributed by atoms with Gasteiger partial charge in [-0.3, -0.25) is 0 Å². The number of anilines is 1. The number of benzene rings is 2. The van der Waals surface area contributed by atoms with Crippen molar-refractivity contribution in [3.05, 3.63) is 54.6 Å². The number of hydrogen-bond acceptors (Lipinski definition) is 7. The van der Waals surface area contributed by atoms with Crippen LogP contribution in [0, 0.1) is 0 Å². The second-order valence-corrected chi connectivity index (χ2v) is 5.86. The Kier molecular flexibility index (Phi) is 7.19. The summed E-state index contributed by atoms with van der Waals surface area (Å²) in [5.41, 5.74) is 2.59. The van der Waals surface area contributed by atoms with Crippen molar-refractivity contribution < 1.29 is 59.5 Å². The smallest absolute Gasteiger partial charge is 0.547 e. The van der Waals surface area contributed by atoms with Crippen LogP contribution in [0.5, 0.6) is 0 Å². The third-order valence-corrected chi connectivity index (χ3v) is 4.15. The number of nitrogens with one attached hydrogen (secondary N) is 1. The number of carbonyl (C=O) groups is 1. The van der Waals surface area contributed by atoms with E-state index < -0.39 is 36.6 Å². The van der Waals surface area contributed by atoms with Crippen LogP contribution in [0.3, 0.4) is 0 Å². The molecule has 0 spiro atoms. The molecule has 5 unspecified atom stereocenters. The van der Waals surface area contributed by atoms with Gasteiger partial charge in [0, 0.05) is 5.69 Å². The van der Waals surface area contributed by atoms with Crippen LogP contribution in [0.25, 0.3) is 11.1 Å². The summed E-state index contributed by atoms with van der Waals surface area (Å²) in [6.07, 6.45) is -7.88. The van der Waals surface area contributed by atoms with E-state index in [-0.39, 0.29) is 29.6 Å². The van der Waals surface area contributed by atoms with E-state index in [4.69, 9.17) is 4.74 Å². The number of rotatable bonds is 4. The van der Waals surface area contributed by atoms with E-state index in [0.29, 0.717) is 5.69 Å². The molecule has 2 aromatic carbocycles. The number of carboxylic acids is 1. The fourth-order valence-electron chi connectivity index (χ4n) is 2.75. The number of aliphatic carboxylic acids is 1. The van der Waals surface area contributed by atoms with Gasteiger partial charge in [-0.05, 0) is 23.3 Å². The molecule has 2 aromatic rings. The Morgan fingerprint density at radius 2 is 1.46 bits per heavy atom. The van der Waals surface area contributed by atoms with Crippen molar-refractivity contribution in [3.8, 4) is 11.1 Å². The maximum Gasteiger partial charge on any atom is 1.00 e. The normalized spacial score (nSPS) is 28.0.